The molecule has 0 saturated carbocycles. The number of nitrogens with one attached hydrogen (secondary N) is 2. The summed E-state index contributed by atoms with van der Waals surface area (Å²) in [5.41, 5.74) is 4.28. The predicted octanol–water partition coefficient (Wildman–Crippen LogP) is 3.84. The number of ether oxygens (including phenoxy) is 2. The standard InChI is InChI=1S/C25H33N3O4/c1-5-14-31-21-12-10-20(11-13-21)16-26-28-25(30)22(15-18(2)3)27-24(29)17-32-23-9-7-6-8-19(23)4/h6-13,16,18,22H,5,14-15,17H2,1-4H3,(H,27,29)(H,28,30)/b26-16-/t22-/m0/s1. The smallest absolute Gasteiger partial charge is 0.262 e. The monoisotopic (exact) mass is 439 g/mol. The van der Waals surface area contributed by atoms with Crippen LogP contribution >= 0.6 is 0 Å². The third-order valence-corrected chi connectivity index (χ3v) is 4.55. The van der Waals surface area contributed by atoms with Gasteiger partial charge in [0.2, 0.25) is 0 Å². The fourth-order valence-corrected chi connectivity index (χ4v) is 2.92. The first-order valence-electron chi connectivity index (χ1n) is 10.9. The highest BCUT2D eigenvalue weighted by atomic mass is 16.5. The van der Waals surface area contributed by atoms with Gasteiger partial charge in [0.05, 0.1) is 12.8 Å². The van der Waals surface area contributed by atoms with Crippen LogP contribution in [0.25, 0.3) is 0 Å². The molecule has 0 saturated heterocycles. The molecule has 2 aromatic carbocycles. The fourth-order valence-electron chi connectivity index (χ4n) is 2.92. The number of benzene rings is 2. The molecule has 2 aromatic rings. The van der Waals surface area contributed by atoms with Crippen molar-refractivity contribution in [1.29, 1.82) is 0 Å². The van der Waals surface area contributed by atoms with Crippen molar-refractivity contribution < 1.29 is 19.1 Å². The van der Waals surface area contributed by atoms with Gasteiger partial charge in [-0.1, -0.05) is 39.0 Å². The van der Waals surface area contributed by atoms with Gasteiger partial charge < -0.3 is 14.8 Å². The topological polar surface area (TPSA) is 89.0 Å². The molecule has 0 bridgehead atoms. The average molecular weight is 440 g/mol. The molecule has 1 atom stereocenters. The lowest BCUT2D eigenvalue weighted by Crippen LogP contribution is -2.47. The first kappa shape index (κ1) is 24.9. The number of hydrogen-bond acceptors (Lipinski definition) is 5. The normalized spacial score (nSPS) is 11.9. The number of carbonyl (C=O) groups excluding carboxylic acids is 2. The Morgan fingerprint density at radius 3 is 2.44 bits per heavy atom. The van der Waals surface area contributed by atoms with Gasteiger partial charge >= 0.3 is 0 Å². The first-order chi connectivity index (χ1) is 15.4. The van der Waals surface area contributed by atoms with Crippen LogP contribution in [0.4, 0.5) is 0 Å². The largest absolute Gasteiger partial charge is 0.494 e. The van der Waals surface area contributed by atoms with Gasteiger partial charge in [-0.05, 0) is 67.1 Å². The van der Waals surface area contributed by atoms with E-state index >= 15 is 0 Å². The molecule has 0 heterocycles. The quantitative estimate of drug-likeness (QED) is 0.388. The van der Waals surface area contributed by atoms with Crippen molar-refractivity contribution in [3.63, 3.8) is 0 Å². The number of carbonyl (C=O) groups is 2. The van der Waals surface area contributed by atoms with E-state index in [1.807, 2.05) is 63.2 Å². The van der Waals surface area contributed by atoms with Crippen molar-refractivity contribution in [3.8, 4) is 11.5 Å². The highest BCUT2D eigenvalue weighted by molar-refractivity contribution is 5.89. The number of nitrogens with zero attached hydrogens (tertiary/aromatic N) is 1. The molecule has 0 spiro atoms. The summed E-state index contributed by atoms with van der Waals surface area (Å²) in [7, 11) is 0. The lowest BCUT2D eigenvalue weighted by molar-refractivity contribution is -0.130. The van der Waals surface area contributed by atoms with Crippen LogP contribution in [0.2, 0.25) is 0 Å². The number of amides is 2. The number of para-hydroxylation sites is 1. The number of rotatable bonds is 12. The van der Waals surface area contributed by atoms with Crippen LogP contribution in [0.5, 0.6) is 11.5 Å². The van der Waals surface area contributed by atoms with Gasteiger partial charge in [0.15, 0.2) is 6.61 Å². The van der Waals surface area contributed by atoms with Crippen LogP contribution in [0.3, 0.4) is 0 Å². The van der Waals surface area contributed by atoms with Crippen LogP contribution in [0.15, 0.2) is 53.6 Å². The van der Waals surface area contributed by atoms with Gasteiger partial charge in [-0.25, -0.2) is 5.43 Å². The van der Waals surface area contributed by atoms with Crippen LogP contribution in [-0.4, -0.2) is 37.3 Å². The van der Waals surface area contributed by atoms with Crippen molar-refractivity contribution in [2.75, 3.05) is 13.2 Å². The highest BCUT2D eigenvalue weighted by Gasteiger charge is 2.22. The second kappa shape index (κ2) is 13.1. The molecule has 0 radical (unpaired) electrons. The maximum Gasteiger partial charge on any atom is 0.262 e. The maximum absolute atomic E-state index is 12.6. The minimum Gasteiger partial charge on any atom is -0.494 e. The summed E-state index contributed by atoms with van der Waals surface area (Å²) in [5.74, 6) is 0.912. The van der Waals surface area contributed by atoms with Crippen molar-refractivity contribution in [2.24, 2.45) is 11.0 Å². The van der Waals surface area contributed by atoms with Gasteiger partial charge in [-0.3, -0.25) is 9.59 Å². The zero-order chi connectivity index (χ0) is 23.3. The molecule has 0 unspecified atom stereocenters. The van der Waals surface area contributed by atoms with Crippen LogP contribution < -0.4 is 20.2 Å². The number of aryl methyl sites for hydroxylation is 1. The maximum atomic E-state index is 12.6. The van der Waals surface area contributed by atoms with E-state index in [2.05, 4.69) is 22.8 Å². The second-order valence-corrected chi connectivity index (χ2v) is 7.96. The van der Waals surface area contributed by atoms with Gasteiger partial charge in [-0.15, -0.1) is 0 Å². The molecule has 0 aromatic heterocycles. The third kappa shape index (κ3) is 8.79. The Balaban J connectivity index is 1.88. The van der Waals surface area contributed by atoms with Gasteiger partial charge in [0.25, 0.3) is 11.8 Å². The minimum atomic E-state index is -0.704. The summed E-state index contributed by atoms with van der Waals surface area (Å²) in [6.45, 7) is 8.44. The van der Waals surface area contributed by atoms with Crippen LogP contribution in [-0.2, 0) is 9.59 Å². The average Bonchev–Trinajstić information content (AvgIpc) is 2.77. The molecule has 0 aliphatic carbocycles. The molecule has 0 aliphatic heterocycles. The Hall–Kier alpha value is -3.35. The summed E-state index contributed by atoms with van der Waals surface area (Å²) in [6, 6.07) is 14.2. The van der Waals surface area contributed by atoms with Gasteiger partial charge in [0.1, 0.15) is 17.5 Å². The minimum absolute atomic E-state index is 0.164. The molecular weight excluding hydrogens is 406 g/mol. The Labute approximate surface area is 190 Å². The number of hydrazone groups is 1. The SMILES string of the molecule is CCCOc1ccc(/C=N\NC(=O)[C@H](CC(C)C)NC(=O)COc2ccccc2C)cc1. The zero-order valence-electron chi connectivity index (χ0n) is 19.3. The van der Waals surface area contributed by atoms with Crippen LogP contribution in [0, 0.1) is 12.8 Å². The van der Waals surface area contributed by atoms with E-state index in [0.717, 1.165) is 23.3 Å². The Bertz CT molecular complexity index is 894. The van der Waals surface area contributed by atoms with Crippen molar-refractivity contribution in [2.45, 2.75) is 46.6 Å². The van der Waals surface area contributed by atoms with Crippen LogP contribution in [0.1, 0.15) is 44.7 Å². The molecule has 2 rings (SSSR count). The predicted molar refractivity (Wildman–Crippen MR) is 126 cm³/mol. The summed E-state index contributed by atoms with van der Waals surface area (Å²) < 4.78 is 11.1. The lowest BCUT2D eigenvalue weighted by Gasteiger charge is -2.19. The van der Waals surface area contributed by atoms with Crippen molar-refractivity contribution in [1.82, 2.24) is 10.7 Å². The fraction of sp³-hybridized carbons (Fsp3) is 0.400. The Kier molecular flexibility index (Phi) is 10.2. The molecule has 2 amide bonds. The number of hydrogen-bond donors (Lipinski definition) is 2. The van der Waals surface area contributed by atoms with E-state index in [0.29, 0.717) is 18.8 Å². The van der Waals surface area contributed by atoms with E-state index < -0.39 is 6.04 Å². The summed E-state index contributed by atoms with van der Waals surface area (Å²) >= 11 is 0. The van der Waals surface area contributed by atoms with E-state index in [4.69, 9.17) is 9.47 Å². The van der Waals surface area contributed by atoms with E-state index in [-0.39, 0.29) is 24.3 Å². The molecule has 7 nitrogen and oxygen atoms in total. The van der Waals surface area contributed by atoms with E-state index in [1.54, 1.807) is 12.3 Å². The highest BCUT2D eigenvalue weighted by Crippen LogP contribution is 2.16. The van der Waals surface area contributed by atoms with E-state index in [1.165, 1.54) is 0 Å². The van der Waals surface area contributed by atoms with Gasteiger partial charge in [0, 0.05) is 0 Å². The molecular formula is C25H33N3O4. The first-order valence-corrected chi connectivity index (χ1v) is 10.9. The third-order valence-electron chi connectivity index (χ3n) is 4.55. The summed E-state index contributed by atoms with van der Waals surface area (Å²) in [4.78, 5) is 25.0. The van der Waals surface area contributed by atoms with Gasteiger partial charge in [-0.2, -0.15) is 5.10 Å². The summed E-state index contributed by atoms with van der Waals surface area (Å²) in [6.07, 6.45) is 2.99. The van der Waals surface area contributed by atoms with E-state index in [9.17, 15) is 9.59 Å². The van der Waals surface area contributed by atoms with Crippen molar-refractivity contribution >= 4 is 18.0 Å². The Morgan fingerprint density at radius 1 is 1.06 bits per heavy atom. The molecule has 32 heavy (non-hydrogen) atoms. The molecule has 0 aliphatic rings. The Morgan fingerprint density at radius 2 is 1.78 bits per heavy atom. The molecule has 2 N–H and O–H groups in total. The molecule has 172 valence electrons. The molecule has 7 heteroatoms. The zero-order valence-corrected chi connectivity index (χ0v) is 19.3. The lowest BCUT2D eigenvalue weighted by atomic mass is 10.0. The summed E-state index contributed by atoms with van der Waals surface area (Å²) in [5, 5.41) is 6.77. The second-order valence-electron chi connectivity index (χ2n) is 7.96. The molecule has 0 fully saturated rings. The van der Waals surface area contributed by atoms with Crippen molar-refractivity contribution in [3.05, 3.63) is 59.7 Å².